The summed E-state index contributed by atoms with van der Waals surface area (Å²) in [4.78, 5) is 0. The molecule has 0 aromatic heterocycles. The lowest BCUT2D eigenvalue weighted by molar-refractivity contribution is -0.122. The fourth-order valence-electron chi connectivity index (χ4n) is 2.15. The zero-order valence-electron chi connectivity index (χ0n) is 10.8. The molecule has 0 radical (unpaired) electrons. The van der Waals surface area contributed by atoms with Gasteiger partial charge in [-0.05, 0) is 32.1 Å². The van der Waals surface area contributed by atoms with Gasteiger partial charge in [-0.15, -0.1) is 6.58 Å². The lowest BCUT2D eigenvalue weighted by atomic mass is 10.1. The van der Waals surface area contributed by atoms with E-state index in [4.69, 9.17) is 14.6 Å². The number of unbranched alkanes of at least 4 members (excludes halogenated alkanes) is 4. The molecule has 0 bridgehead atoms. The SMILES string of the molecule is C=CCCCCCCO[C@H]1CCCO[C@@H]1CO. The Hall–Kier alpha value is -0.380. The first-order valence-electron chi connectivity index (χ1n) is 6.83. The Balaban J connectivity index is 1.98. The van der Waals surface area contributed by atoms with Gasteiger partial charge >= 0.3 is 0 Å². The Morgan fingerprint density at radius 3 is 2.88 bits per heavy atom. The molecule has 2 atom stereocenters. The van der Waals surface area contributed by atoms with Crippen LogP contribution in [0.25, 0.3) is 0 Å². The maximum atomic E-state index is 9.15. The monoisotopic (exact) mass is 242 g/mol. The van der Waals surface area contributed by atoms with Crippen LogP contribution >= 0.6 is 0 Å². The van der Waals surface area contributed by atoms with Gasteiger partial charge < -0.3 is 14.6 Å². The summed E-state index contributed by atoms with van der Waals surface area (Å²) in [6.45, 7) is 5.33. The molecular formula is C14H26O3. The number of hydrogen-bond acceptors (Lipinski definition) is 3. The van der Waals surface area contributed by atoms with Crippen LogP contribution in [0.5, 0.6) is 0 Å². The first-order valence-corrected chi connectivity index (χ1v) is 6.83. The highest BCUT2D eigenvalue weighted by molar-refractivity contribution is 4.74. The van der Waals surface area contributed by atoms with Crippen LogP contribution in [-0.2, 0) is 9.47 Å². The van der Waals surface area contributed by atoms with E-state index in [-0.39, 0.29) is 18.8 Å². The molecule has 1 fully saturated rings. The minimum atomic E-state index is -0.107. The van der Waals surface area contributed by atoms with Gasteiger partial charge in [-0.2, -0.15) is 0 Å². The summed E-state index contributed by atoms with van der Waals surface area (Å²) in [5.74, 6) is 0. The molecule has 0 amide bonds. The van der Waals surface area contributed by atoms with Crippen molar-refractivity contribution in [2.45, 2.75) is 57.2 Å². The van der Waals surface area contributed by atoms with Gasteiger partial charge in [0.25, 0.3) is 0 Å². The van der Waals surface area contributed by atoms with Gasteiger partial charge in [0.2, 0.25) is 0 Å². The van der Waals surface area contributed by atoms with Crippen LogP contribution in [0.3, 0.4) is 0 Å². The molecule has 1 rings (SSSR count). The number of ether oxygens (including phenoxy) is 2. The van der Waals surface area contributed by atoms with Crippen LogP contribution in [0.15, 0.2) is 12.7 Å². The largest absolute Gasteiger partial charge is 0.394 e. The van der Waals surface area contributed by atoms with Crippen molar-refractivity contribution in [2.75, 3.05) is 19.8 Å². The van der Waals surface area contributed by atoms with E-state index in [1.54, 1.807) is 0 Å². The average Bonchev–Trinajstić information content (AvgIpc) is 2.38. The Morgan fingerprint density at radius 2 is 2.12 bits per heavy atom. The summed E-state index contributed by atoms with van der Waals surface area (Å²) >= 11 is 0. The van der Waals surface area contributed by atoms with Crippen LogP contribution in [0, 0.1) is 0 Å². The molecule has 1 N–H and O–H groups in total. The minimum absolute atomic E-state index is 0.0734. The van der Waals surface area contributed by atoms with E-state index in [1.165, 1.54) is 19.3 Å². The molecule has 1 saturated heterocycles. The van der Waals surface area contributed by atoms with Crippen molar-refractivity contribution in [1.29, 1.82) is 0 Å². The first-order chi connectivity index (χ1) is 8.38. The normalized spacial score (nSPS) is 24.8. The highest BCUT2D eigenvalue weighted by Gasteiger charge is 2.25. The van der Waals surface area contributed by atoms with Crippen molar-refractivity contribution in [3.05, 3.63) is 12.7 Å². The van der Waals surface area contributed by atoms with Crippen LogP contribution < -0.4 is 0 Å². The first kappa shape index (κ1) is 14.7. The molecule has 1 aliphatic heterocycles. The van der Waals surface area contributed by atoms with Crippen molar-refractivity contribution in [3.8, 4) is 0 Å². The van der Waals surface area contributed by atoms with Gasteiger partial charge in [-0.25, -0.2) is 0 Å². The Bertz CT molecular complexity index is 194. The van der Waals surface area contributed by atoms with Crippen molar-refractivity contribution >= 4 is 0 Å². The van der Waals surface area contributed by atoms with E-state index in [1.807, 2.05) is 6.08 Å². The van der Waals surface area contributed by atoms with Crippen molar-refractivity contribution in [2.24, 2.45) is 0 Å². The number of hydrogen-bond donors (Lipinski definition) is 1. The molecule has 0 spiro atoms. The van der Waals surface area contributed by atoms with Crippen molar-refractivity contribution in [1.82, 2.24) is 0 Å². The number of aliphatic hydroxyl groups excluding tert-OH is 1. The van der Waals surface area contributed by atoms with Crippen LogP contribution in [0.1, 0.15) is 44.9 Å². The molecule has 17 heavy (non-hydrogen) atoms. The summed E-state index contributed by atoms with van der Waals surface area (Å²) in [6.07, 6.45) is 9.94. The summed E-state index contributed by atoms with van der Waals surface area (Å²) in [6, 6.07) is 0. The van der Waals surface area contributed by atoms with Crippen molar-refractivity contribution in [3.63, 3.8) is 0 Å². The Morgan fingerprint density at radius 1 is 1.29 bits per heavy atom. The third-order valence-corrected chi connectivity index (χ3v) is 3.19. The average molecular weight is 242 g/mol. The second kappa shape index (κ2) is 9.63. The van der Waals surface area contributed by atoms with Gasteiger partial charge in [0.15, 0.2) is 0 Å². The van der Waals surface area contributed by atoms with Gasteiger partial charge in [0, 0.05) is 13.2 Å². The van der Waals surface area contributed by atoms with Crippen LogP contribution in [0.2, 0.25) is 0 Å². The molecule has 1 heterocycles. The van der Waals surface area contributed by atoms with E-state index < -0.39 is 0 Å². The van der Waals surface area contributed by atoms with Gasteiger partial charge in [0.05, 0.1) is 12.7 Å². The maximum Gasteiger partial charge on any atom is 0.107 e. The molecule has 0 aromatic carbocycles. The second-order valence-corrected chi connectivity index (χ2v) is 4.63. The fourth-order valence-corrected chi connectivity index (χ4v) is 2.15. The molecule has 0 unspecified atom stereocenters. The third-order valence-electron chi connectivity index (χ3n) is 3.19. The fraction of sp³-hybridized carbons (Fsp3) is 0.857. The highest BCUT2D eigenvalue weighted by atomic mass is 16.5. The quantitative estimate of drug-likeness (QED) is 0.499. The van der Waals surface area contributed by atoms with Crippen LogP contribution in [0.4, 0.5) is 0 Å². The van der Waals surface area contributed by atoms with Crippen LogP contribution in [-0.4, -0.2) is 37.1 Å². The molecule has 1 aliphatic rings. The van der Waals surface area contributed by atoms with E-state index >= 15 is 0 Å². The molecule has 0 aromatic rings. The number of rotatable bonds is 9. The maximum absolute atomic E-state index is 9.15. The van der Waals surface area contributed by atoms with E-state index in [2.05, 4.69) is 6.58 Å². The molecule has 0 aliphatic carbocycles. The van der Waals surface area contributed by atoms with E-state index in [0.29, 0.717) is 0 Å². The topological polar surface area (TPSA) is 38.7 Å². The smallest absolute Gasteiger partial charge is 0.107 e. The van der Waals surface area contributed by atoms with Gasteiger partial charge in [-0.3, -0.25) is 0 Å². The molecule has 3 nitrogen and oxygen atoms in total. The summed E-state index contributed by atoms with van der Waals surface area (Å²) in [5.41, 5.74) is 0. The minimum Gasteiger partial charge on any atom is -0.394 e. The predicted octanol–water partition coefficient (Wildman–Crippen LogP) is 2.68. The third kappa shape index (κ3) is 6.20. The summed E-state index contributed by atoms with van der Waals surface area (Å²) in [5, 5.41) is 9.15. The molecule has 100 valence electrons. The van der Waals surface area contributed by atoms with Crippen molar-refractivity contribution < 1.29 is 14.6 Å². The number of allylic oxidation sites excluding steroid dienone is 1. The number of aliphatic hydroxyl groups is 1. The lowest BCUT2D eigenvalue weighted by Gasteiger charge is -2.30. The van der Waals surface area contributed by atoms with Gasteiger partial charge in [0.1, 0.15) is 6.10 Å². The highest BCUT2D eigenvalue weighted by Crippen LogP contribution is 2.17. The lowest BCUT2D eigenvalue weighted by Crippen LogP contribution is -2.39. The molecule has 3 heteroatoms. The summed E-state index contributed by atoms with van der Waals surface area (Å²) < 4.78 is 11.3. The summed E-state index contributed by atoms with van der Waals surface area (Å²) in [7, 11) is 0. The van der Waals surface area contributed by atoms with E-state index in [9.17, 15) is 0 Å². The Labute approximate surface area is 105 Å². The second-order valence-electron chi connectivity index (χ2n) is 4.63. The zero-order valence-corrected chi connectivity index (χ0v) is 10.8. The van der Waals surface area contributed by atoms with Gasteiger partial charge in [-0.1, -0.05) is 18.9 Å². The zero-order chi connectivity index (χ0) is 12.3. The standard InChI is InChI=1S/C14H26O3/c1-2-3-4-5-6-7-10-16-13-9-8-11-17-14(13)12-15/h2,13-15H,1,3-12H2/t13-,14+/m0/s1. The predicted molar refractivity (Wildman–Crippen MR) is 69.1 cm³/mol. The Kier molecular flexibility index (Phi) is 8.32. The molecule has 0 saturated carbocycles. The molecular weight excluding hydrogens is 216 g/mol. The van der Waals surface area contributed by atoms with E-state index in [0.717, 1.165) is 38.9 Å².